The Morgan fingerprint density at radius 2 is 1.96 bits per heavy atom. The van der Waals surface area contributed by atoms with Crippen molar-refractivity contribution in [2.45, 2.75) is 25.4 Å². The minimum absolute atomic E-state index is 0.0142. The Hall–Kier alpha value is -1.98. The highest BCUT2D eigenvalue weighted by atomic mass is 35.5. The third-order valence-corrected chi connectivity index (χ3v) is 4.29. The lowest BCUT2D eigenvalue weighted by atomic mass is 10.1. The predicted molar refractivity (Wildman–Crippen MR) is 90.0 cm³/mol. The quantitative estimate of drug-likeness (QED) is 0.800. The lowest BCUT2D eigenvalue weighted by Crippen LogP contribution is -2.44. The SMILES string of the molecule is O=C(COc1ccc(Cl)cc1)N(Cc1ccco1)C1CCOCC1. The zero-order valence-electron chi connectivity index (χ0n) is 13.3. The molecule has 0 radical (unpaired) electrons. The molecular weight excluding hydrogens is 330 g/mol. The van der Waals surface area contributed by atoms with Crippen LogP contribution in [0.1, 0.15) is 18.6 Å². The summed E-state index contributed by atoms with van der Waals surface area (Å²) in [5.74, 6) is 1.33. The van der Waals surface area contributed by atoms with Crippen molar-refractivity contribution in [2.24, 2.45) is 0 Å². The largest absolute Gasteiger partial charge is 0.484 e. The molecule has 0 bridgehead atoms. The van der Waals surface area contributed by atoms with Gasteiger partial charge in [-0.25, -0.2) is 0 Å². The van der Waals surface area contributed by atoms with E-state index in [0.717, 1.165) is 18.6 Å². The van der Waals surface area contributed by atoms with Crippen molar-refractivity contribution in [1.82, 2.24) is 4.90 Å². The molecule has 1 fully saturated rings. The van der Waals surface area contributed by atoms with Gasteiger partial charge >= 0.3 is 0 Å². The summed E-state index contributed by atoms with van der Waals surface area (Å²) in [6, 6.07) is 10.8. The second-order valence-electron chi connectivity index (χ2n) is 5.69. The second kappa shape index (κ2) is 8.22. The Kier molecular flexibility index (Phi) is 5.77. The summed E-state index contributed by atoms with van der Waals surface area (Å²) in [6.45, 7) is 1.77. The maximum atomic E-state index is 12.7. The van der Waals surface area contributed by atoms with Gasteiger partial charge in [0.05, 0.1) is 12.8 Å². The van der Waals surface area contributed by atoms with Crippen LogP contribution in [0.15, 0.2) is 47.1 Å². The number of carbonyl (C=O) groups is 1. The fourth-order valence-electron chi connectivity index (χ4n) is 2.75. The normalized spacial score (nSPS) is 15.2. The molecule has 2 aromatic rings. The zero-order chi connectivity index (χ0) is 16.8. The van der Waals surface area contributed by atoms with Crippen LogP contribution in [0.4, 0.5) is 0 Å². The van der Waals surface area contributed by atoms with Crippen LogP contribution in [0.2, 0.25) is 5.02 Å². The van der Waals surface area contributed by atoms with Crippen molar-refractivity contribution in [3.05, 3.63) is 53.4 Å². The summed E-state index contributed by atoms with van der Waals surface area (Å²) in [6.07, 6.45) is 3.27. The fraction of sp³-hybridized carbons (Fsp3) is 0.389. The molecule has 0 saturated carbocycles. The molecular formula is C18H20ClNO4. The third kappa shape index (κ3) is 4.52. The van der Waals surface area contributed by atoms with E-state index in [4.69, 9.17) is 25.5 Å². The van der Waals surface area contributed by atoms with Gasteiger partial charge in [0.1, 0.15) is 11.5 Å². The molecule has 0 spiro atoms. The fourth-order valence-corrected chi connectivity index (χ4v) is 2.87. The maximum Gasteiger partial charge on any atom is 0.261 e. The van der Waals surface area contributed by atoms with E-state index in [1.54, 1.807) is 30.5 Å². The predicted octanol–water partition coefficient (Wildman–Crippen LogP) is 3.52. The van der Waals surface area contributed by atoms with Crippen molar-refractivity contribution in [2.75, 3.05) is 19.8 Å². The van der Waals surface area contributed by atoms with Gasteiger partial charge in [-0.2, -0.15) is 0 Å². The van der Waals surface area contributed by atoms with Crippen molar-refractivity contribution >= 4 is 17.5 Å². The molecule has 1 aliphatic heterocycles. The molecule has 1 aliphatic rings. The molecule has 0 aliphatic carbocycles. The molecule has 1 saturated heterocycles. The third-order valence-electron chi connectivity index (χ3n) is 4.03. The summed E-state index contributed by atoms with van der Waals surface area (Å²) in [7, 11) is 0. The molecule has 1 amide bonds. The highest BCUT2D eigenvalue weighted by Gasteiger charge is 2.27. The van der Waals surface area contributed by atoms with E-state index in [2.05, 4.69) is 0 Å². The molecule has 2 heterocycles. The Morgan fingerprint density at radius 1 is 1.21 bits per heavy atom. The smallest absolute Gasteiger partial charge is 0.261 e. The van der Waals surface area contributed by atoms with Crippen molar-refractivity contribution in [1.29, 1.82) is 0 Å². The lowest BCUT2D eigenvalue weighted by molar-refractivity contribution is -0.138. The van der Waals surface area contributed by atoms with Crippen LogP contribution in [0.3, 0.4) is 0 Å². The lowest BCUT2D eigenvalue weighted by Gasteiger charge is -2.33. The number of furan rings is 1. The van der Waals surface area contributed by atoms with Crippen LogP contribution in [0.5, 0.6) is 5.75 Å². The Morgan fingerprint density at radius 3 is 2.62 bits per heavy atom. The van der Waals surface area contributed by atoms with Gasteiger partial charge in [0, 0.05) is 24.3 Å². The van der Waals surface area contributed by atoms with Crippen LogP contribution < -0.4 is 4.74 Å². The highest BCUT2D eigenvalue weighted by molar-refractivity contribution is 6.30. The van der Waals surface area contributed by atoms with Gasteiger partial charge in [0.25, 0.3) is 5.91 Å². The number of nitrogens with zero attached hydrogens (tertiary/aromatic N) is 1. The number of hydrogen-bond donors (Lipinski definition) is 0. The van der Waals surface area contributed by atoms with E-state index in [9.17, 15) is 4.79 Å². The van der Waals surface area contributed by atoms with E-state index in [-0.39, 0.29) is 18.6 Å². The van der Waals surface area contributed by atoms with Crippen LogP contribution in [0.25, 0.3) is 0 Å². The zero-order valence-corrected chi connectivity index (χ0v) is 14.1. The van der Waals surface area contributed by atoms with E-state index in [0.29, 0.717) is 30.5 Å². The van der Waals surface area contributed by atoms with Gasteiger partial charge < -0.3 is 18.8 Å². The molecule has 0 atom stereocenters. The number of halogens is 1. The molecule has 0 unspecified atom stereocenters. The topological polar surface area (TPSA) is 51.9 Å². The Labute approximate surface area is 146 Å². The van der Waals surface area contributed by atoms with Gasteiger partial charge in [0.15, 0.2) is 6.61 Å². The van der Waals surface area contributed by atoms with E-state index >= 15 is 0 Å². The van der Waals surface area contributed by atoms with Crippen molar-refractivity contribution < 1.29 is 18.7 Å². The molecule has 5 nitrogen and oxygen atoms in total. The van der Waals surface area contributed by atoms with Gasteiger partial charge in [-0.15, -0.1) is 0 Å². The monoisotopic (exact) mass is 349 g/mol. The first-order chi connectivity index (χ1) is 11.7. The van der Waals surface area contributed by atoms with Gasteiger partial charge in [0.2, 0.25) is 0 Å². The molecule has 1 aromatic carbocycles. The summed E-state index contributed by atoms with van der Waals surface area (Å²) in [4.78, 5) is 14.5. The van der Waals surface area contributed by atoms with E-state index < -0.39 is 0 Å². The number of hydrogen-bond acceptors (Lipinski definition) is 4. The second-order valence-corrected chi connectivity index (χ2v) is 6.12. The Bertz CT molecular complexity index is 636. The minimum Gasteiger partial charge on any atom is -0.484 e. The van der Waals surface area contributed by atoms with Crippen LogP contribution >= 0.6 is 11.6 Å². The first kappa shape index (κ1) is 16.9. The van der Waals surface area contributed by atoms with E-state index in [1.165, 1.54) is 0 Å². The number of carbonyl (C=O) groups excluding carboxylic acids is 1. The van der Waals surface area contributed by atoms with Crippen LogP contribution in [-0.2, 0) is 16.1 Å². The summed E-state index contributed by atoms with van der Waals surface area (Å²) in [5, 5.41) is 0.635. The number of rotatable bonds is 6. The first-order valence-electron chi connectivity index (χ1n) is 8.00. The number of ether oxygens (including phenoxy) is 2. The maximum absolute atomic E-state index is 12.7. The molecule has 24 heavy (non-hydrogen) atoms. The van der Waals surface area contributed by atoms with Crippen molar-refractivity contribution in [3.63, 3.8) is 0 Å². The average molecular weight is 350 g/mol. The van der Waals surface area contributed by atoms with Gasteiger partial charge in [-0.3, -0.25) is 4.79 Å². The summed E-state index contributed by atoms with van der Waals surface area (Å²) >= 11 is 5.85. The first-order valence-corrected chi connectivity index (χ1v) is 8.38. The average Bonchev–Trinajstić information content (AvgIpc) is 3.13. The van der Waals surface area contributed by atoms with Crippen molar-refractivity contribution in [3.8, 4) is 5.75 Å². The van der Waals surface area contributed by atoms with Crippen LogP contribution in [0, 0.1) is 0 Å². The number of amides is 1. The standard InChI is InChI=1S/C18H20ClNO4/c19-14-3-5-16(6-4-14)24-13-18(21)20(12-17-2-1-9-23-17)15-7-10-22-11-8-15/h1-6,9,15H,7-8,10-13H2. The number of benzene rings is 1. The molecule has 3 rings (SSSR count). The van der Waals surface area contributed by atoms with Gasteiger partial charge in [-0.1, -0.05) is 11.6 Å². The van der Waals surface area contributed by atoms with Gasteiger partial charge in [-0.05, 0) is 49.2 Å². The summed E-state index contributed by atoms with van der Waals surface area (Å²) in [5.41, 5.74) is 0. The molecule has 0 N–H and O–H groups in total. The molecule has 1 aromatic heterocycles. The Balaban J connectivity index is 1.64. The molecule has 6 heteroatoms. The highest BCUT2D eigenvalue weighted by Crippen LogP contribution is 2.19. The molecule has 128 valence electrons. The van der Waals surface area contributed by atoms with Crippen LogP contribution in [-0.4, -0.2) is 36.7 Å². The summed E-state index contributed by atoms with van der Waals surface area (Å²) < 4.78 is 16.4. The minimum atomic E-state index is -0.0618. The van der Waals surface area contributed by atoms with E-state index in [1.807, 2.05) is 17.0 Å².